The number of benzene rings is 2. The second-order valence-electron chi connectivity index (χ2n) is 7.08. The summed E-state index contributed by atoms with van der Waals surface area (Å²) in [6.45, 7) is 2.93. The number of non-ortho nitro benzene ring substituents is 1. The molecule has 0 atom stereocenters. The van der Waals surface area contributed by atoms with Gasteiger partial charge in [-0.1, -0.05) is 0 Å². The molecule has 0 aliphatic heterocycles. The van der Waals surface area contributed by atoms with Crippen LogP contribution in [0.1, 0.15) is 41.8 Å². The SMILES string of the molecule is CC(C)(Oc1ccc2c(c1)CC/C(=C\c1ccc([N+](=O)[O-])cc1)C2=O)C(=O)O. The van der Waals surface area contributed by atoms with E-state index in [-0.39, 0.29) is 11.5 Å². The van der Waals surface area contributed by atoms with Gasteiger partial charge in [0.1, 0.15) is 5.75 Å². The number of ketones is 1. The summed E-state index contributed by atoms with van der Waals surface area (Å²) in [5.41, 5.74) is 1.35. The number of aryl methyl sites for hydroxylation is 1. The molecule has 0 fully saturated rings. The smallest absolute Gasteiger partial charge is 0.347 e. The lowest BCUT2D eigenvalue weighted by Crippen LogP contribution is -2.37. The first-order valence-corrected chi connectivity index (χ1v) is 8.72. The maximum absolute atomic E-state index is 12.8. The Balaban J connectivity index is 1.83. The molecule has 2 aromatic rings. The van der Waals surface area contributed by atoms with Gasteiger partial charge in [-0.25, -0.2) is 4.79 Å². The molecule has 0 radical (unpaired) electrons. The van der Waals surface area contributed by atoms with Crippen LogP contribution in [0.15, 0.2) is 48.0 Å². The molecule has 3 rings (SSSR count). The molecule has 0 unspecified atom stereocenters. The van der Waals surface area contributed by atoms with Crippen LogP contribution >= 0.6 is 0 Å². The molecule has 144 valence electrons. The molecule has 0 amide bonds. The zero-order valence-corrected chi connectivity index (χ0v) is 15.5. The summed E-state index contributed by atoms with van der Waals surface area (Å²) in [5, 5.41) is 19.9. The zero-order valence-electron chi connectivity index (χ0n) is 15.5. The van der Waals surface area contributed by atoms with Crippen LogP contribution in [0, 0.1) is 10.1 Å². The second-order valence-corrected chi connectivity index (χ2v) is 7.08. The number of ether oxygens (including phenoxy) is 1. The van der Waals surface area contributed by atoms with Crippen LogP contribution < -0.4 is 4.74 Å². The highest BCUT2D eigenvalue weighted by atomic mass is 16.6. The summed E-state index contributed by atoms with van der Waals surface area (Å²) in [6.07, 6.45) is 2.88. The van der Waals surface area contributed by atoms with E-state index >= 15 is 0 Å². The molecule has 2 aromatic carbocycles. The number of hydrogen-bond acceptors (Lipinski definition) is 5. The fourth-order valence-corrected chi connectivity index (χ4v) is 2.99. The van der Waals surface area contributed by atoms with Crippen molar-refractivity contribution in [3.05, 3.63) is 74.8 Å². The van der Waals surface area contributed by atoms with Crippen molar-refractivity contribution in [3.8, 4) is 5.75 Å². The Morgan fingerprint density at radius 2 is 1.86 bits per heavy atom. The molecule has 1 aliphatic rings. The molecule has 7 heteroatoms. The number of carboxylic acid groups (broad SMARTS) is 1. The van der Waals surface area contributed by atoms with Crippen molar-refractivity contribution in [2.24, 2.45) is 0 Å². The van der Waals surface area contributed by atoms with Crippen molar-refractivity contribution in [3.63, 3.8) is 0 Å². The summed E-state index contributed by atoms with van der Waals surface area (Å²) in [4.78, 5) is 34.3. The number of allylic oxidation sites excluding steroid dienone is 1. The molecule has 0 saturated heterocycles. The average Bonchev–Trinajstić information content (AvgIpc) is 2.64. The summed E-state index contributed by atoms with van der Waals surface area (Å²) < 4.78 is 5.54. The van der Waals surface area contributed by atoms with E-state index in [0.29, 0.717) is 29.7 Å². The Morgan fingerprint density at radius 1 is 1.18 bits per heavy atom. The minimum absolute atomic E-state index is 0.000666. The number of aliphatic carboxylic acids is 1. The predicted molar refractivity (Wildman–Crippen MR) is 103 cm³/mol. The minimum atomic E-state index is -1.37. The van der Waals surface area contributed by atoms with E-state index in [4.69, 9.17) is 4.74 Å². The largest absolute Gasteiger partial charge is 0.478 e. The van der Waals surface area contributed by atoms with E-state index in [1.54, 1.807) is 36.4 Å². The molecule has 0 saturated carbocycles. The summed E-state index contributed by atoms with van der Waals surface area (Å²) in [5.74, 6) is -0.778. The van der Waals surface area contributed by atoms with Gasteiger partial charge in [0.2, 0.25) is 0 Å². The fraction of sp³-hybridized carbons (Fsp3) is 0.238. The van der Waals surface area contributed by atoms with Crippen LogP contribution in [0.3, 0.4) is 0 Å². The molecule has 0 bridgehead atoms. The lowest BCUT2D eigenvalue weighted by molar-refractivity contribution is -0.384. The van der Waals surface area contributed by atoms with Gasteiger partial charge in [-0.15, -0.1) is 0 Å². The van der Waals surface area contributed by atoms with Gasteiger partial charge in [-0.3, -0.25) is 14.9 Å². The monoisotopic (exact) mass is 381 g/mol. The number of carbonyl (C=O) groups is 2. The van der Waals surface area contributed by atoms with Crippen LogP contribution in [0.25, 0.3) is 6.08 Å². The van der Waals surface area contributed by atoms with Gasteiger partial charge in [0.25, 0.3) is 5.69 Å². The molecule has 7 nitrogen and oxygen atoms in total. The Hall–Kier alpha value is -3.48. The molecule has 1 aliphatic carbocycles. The standard InChI is InChI=1S/C21H19NO6/c1-21(2,20(24)25)28-17-9-10-18-14(12-17)5-6-15(19(18)23)11-13-3-7-16(8-4-13)22(26)27/h3-4,7-12H,5-6H2,1-2H3,(H,24,25)/b15-11+. The quantitative estimate of drug-likeness (QED) is 0.476. The van der Waals surface area contributed by atoms with E-state index < -0.39 is 16.5 Å². The lowest BCUT2D eigenvalue weighted by atomic mass is 9.86. The third kappa shape index (κ3) is 3.93. The number of Topliss-reactive ketones (excluding diaryl/α,β-unsaturated/α-hetero) is 1. The highest BCUT2D eigenvalue weighted by molar-refractivity contribution is 6.13. The molecular weight excluding hydrogens is 362 g/mol. The Morgan fingerprint density at radius 3 is 2.46 bits per heavy atom. The van der Waals surface area contributed by atoms with Crippen molar-refractivity contribution in [1.29, 1.82) is 0 Å². The Kier molecular flexibility index (Phi) is 5.00. The summed E-state index contributed by atoms with van der Waals surface area (Å²) in [6, 6.07) is 11.0. The third-order valence-electron chi connectivity index (χ3n) is 4.61. The van der Waals surface area contributed by atoms with E-state index in [1.165, 1.54) is 26.0 Å². The van der Waals surface area contributed by atoms with Crippen molar-refractivity contribution < 1.29 is 24.4 Å². The maximum Gasteiger partial charge on any atom is 0.347 e. The predicted octanol–water partition coefficient (Wildman–Crippen LogP) is 4.05. The molecule has 0 spiro atoms. The lowest BCUT2D eigenvalue weighted by Gasteiger charge is -2.23. The van der Waals surface area contributed by atoms with Gasteiger partial charge in [-0.05, 0) is 74.2 Å². The van der Waals surface area contributed by atoms with Crippen LogP contribution in [0.4, 0.5) is 5.69 Å². The number of carboxylic acids is 1. The maximum atomic E-state index is 12.8. The van der Waals surface area contributed by atoms with Gasteiger partial charge < -0.3 is 9.84 Å². The summed E-state index contributed by atoms with van der Waals surface area (Å²) >= 11 is 0. The highest BCUT2D eigenvalue weighted by Gasteiger charge is 2.30. The van der Waals surface area contributed by atoms with Crippen molar-refractivity contribution in [2.45, 2.75) is 32.3 Å². The number of fused-ring (bicyclic) bond motifs is 1. The number of carbonyl (C=O) groups excluding carboxylic acids is 1. The fourth-order valence-electron chi connectivity index (χ4n) is 2.99. The summed E-state index contributed by atoms with van der Waals surface area (Å²) in [7, 11) is 0. The molecule has 28 heavy (non-hydrogen) atoms. The Labute approximate surface area is 161 Å². The third-order valence-corrected chi connectivity index (χ3v) is 4.61. The Bertz CT molecular complexity index is 988. The van der Waals surface area contributed by atoms with Crippen LogP contribution in [-0.2, 0) is 11.2 Å². The number of nitro benzene ring substituents is 1. The molecular formula is C21H19NO6. The van der Waals surface area contributed by atoms with Crippen LogP contribution in [0.5, 0.6) is 5.75 Å². The number of hydrogen-bond donors (Lipinski definition) is 1. The first-order valence-electron chi connectivity index (χ1n) is 8.72. The van der Waals surface area contributed by atoms with Gasteiger partial charge in [-0.2, -0.15) is 0 Å². The van der Waals surface area contributed by atoms with E-state index in [1.807, 2.05) is 0 Å². The average molecular weight is 381 g/mol. The van der Waals surface area contributed by atoms with E-state index in [0.717, 1.165) is 11.1 Å². The van der Waals surface area contributed by atoms with Gasteiger partial charge in [0, 0.05) is 23.3 Å². The van der Waals surface area contributed by atoms with Crippen molar-refractivity contribution in [1.82, 2.24) is 0 Å². The van der Waals surface area contributed by atoms with Gasteiger partial charge in [0.05, 0.1) is 4.92 Å². The number of nitro groups is 1. The number of nitrogens with zero attached hydrogens (tertiary/aromatic N) is 1. The second kappa shape index (κ2) is 7.26. The van der Waals surface area contributed by atoms with Crippen LogP contribution in [0.2, 0.25) is 0 Å². The zero-order chi connectivity index (χ0) is 20.5. The minimum Gasteiger partial charge on any atom is -0.478 e. The van der Waals surface area contributed by atoms with Gasteiger partial charge >= 0.3 is 5.97 Å². The molecule has 0 aromatic heterocycles. The first-order chi connectivity index (χ1) is 13.2. The van der Waals surface area contributed by atoms with Crippen molar-refractivity contribution >= 4 is 23.5 Å². The highest BCUT2D eigenvalue weighted by Crippen LogP contribution is 2.31. The normalized spacial score (nSPS) is 15.2. The topological polar surface area (TPSA) is 107 Å². The van der Waals surface area contributed by atoms with Crippen molar-refractivity contribution in [2.75, 3.05) is 0 Å². The van der Waals surface area contributed by atoms with Gasteiger partial charge in [0.15, 0.2) is 11.4 Å². The molecule has 0 heterocycles. The molecule has 1 N–H and O–H groups in total. The first kappa shape index (κ1) is 19.3. The van der Waals surface area contributed by atoms with Crippen LogP contribution in [-0.4, -0.2) is 27.4 Å². The number of rotatable bonds is 5. The van der Waals surface area contributed by atoms with E-state index in [2.05, 4.69) is 0 Å². The van der Waals surface area contributed by atoms with E-state index in [9.17, 15) is 24.8 Å².